The molecule has 0 saturated heterocycles. The van der Waals surface area contributed by atoms with Crippen LogP contribution in [0.1, 0.15) is 78.6 Å². The lowest BCUT2D eigenvalue weighted by atomic mass is 9.42. The smallest absolute Gasteiger partial charge is 0.305 e. The Morgan fingerprint density at radius 2 is 1.76 bits per heavy atom. The van der Waals surface area contributed by atoms with Gasteiger partial charge in [0, 0.05) is 6.42 Å². The van der Waals surface area contributed by atoms with E-state index in [1.807, 2.05) is 0 Å². The van der Waals surface area contributed by atoms with Gasteiger partial charge < -0.3 is 4.74 Å². The number of hydrogen-bond acceptors (Lipinski definition) is 8. The summed E-state index contributed by atoms with van der Waals surface area (Å²) in [7, 11) is 1.41. The van der Waals surface area contributed by atoms with Gasteiger partial charge in [0.25, 0.3) is 0 Å². The molecule has 184 valence electrons. The van der Waals surface area contributed by atoms with Gasteiger partial charge in [-0.2, -0.15) is 14.7 Å². The molecule has 0 heterocycles. The minimum Gasteiger partial charge on any atom is -0.469 e. The maximum Gasteiger partial charge on any atom is 0.305 e. The van der Waals surface area contributed by atoms with E-state index >= 15 is 0 Å². The Morgan fingerprint density at radius 1 is 1.00 bits per heavy atom. The number of fused-ring (bicyclic) bond motifs is 5. The molecule has 11 atom stereocenters. The molecular weight excluding hydrogens is 422 g/mol. The Balaban J connectivity index is 1.65. The zero-order chi connectivity index (χ0) is 24.0. The summed E-state index contributed by atoms with van der Waals surface area (Å²) in [5.41, 5.74) is -0.294. The Bertz CT molecular complexity index is 792. The zero-order valence-electron chi connectivity index (χ0n) is 20.4. The highest BCUT2D eigenvalue weighted by Gasteiger charge is 2.67. The molecule has 11 unspecified atom stereocenters. The highest BCUT2D eigenvalue weighted by Crippen LogP contribution is 2.69. The van der Waals surface area contributed by atoms with E-state index in [0.717, 1.165) is 44.9 Å². The molecule has 4 aliphatic rings. The maximum atomic E-state index is 12.3. The Hall–Kier alpha value is -1.73. The van der Waals surface area contributed by atoms with Crippen LogP contribution >= 0.6 is 0 Å². The number of ether oxygens (including phenoxy) is 1. The largest absolute Gasteiger partial charge is 0.469 e. The summed E-state index contributed by atoms with van der Waals surface area (Å²) in [5.74, 6) is 1.19. The predicted octanol–water partition coefficient (Wildman–Crippen LogP) is 5.86. The van der Waals surface area contributed by atoms with E-state index in [-0.39, 0.29) is 70.4 Å². The minimum absolute atomic E-state index is 0.00803. The second-order valence-electron chi connectivity index (χ2n) is 11.9. The van der Waals surface area contributed by atoms with Crippen molar-refractivity contribution in [1.29, 1.82) is 0 Å². The third kappa shape index (κ3) is 3.75. The average molecular weight is 462 g/mol. The van der Waals surface area contributed by atoms with Gasteiger partial charge in [0.05, 0.1) is 25.2 Å². The van der Waals surface area contributed by atoms with Crippen LogP contribution in [0.15, 0.2) is 15.5 Å². The lowest BCUT2D eigenvalue weighted by Crippen LogP contribution is -2.61. The molecule has 0 aromatic rings. The van der Waals surface area contributed by atoms with E-state index in [2.05, 4.69) is 36.3 Å². The first-order chi connectivity index (χ1) is 15.7. The van der Waals surface area contributed by atoms with Gasteiger partial charge in [-0.1, -0.05) is 36.3 Å². The lowest BCUT2D eigenvalue weighted by molar-refractivity contribution is -0.142. The van der Waals surface area contributed by atoms with Crippen molar-refractivity contribution in [2.45, 2.75) is 96.7 Å². The number of methoxy groups -OCH3 is 1. The molecule has 0 aromatic carbocycles. The molecule has 8 heteroatoms. The van der Waals surface area contributed by atoms with Crippen molar-refractivity contribution in [3.63, 3.8) is 0 Å². The third-order valence-corrected chi connectivity index (χ3v) is 11.0. The highest BCUT2D eigenvalue weighted by molar-refractivity contribution is 5.69. The summed E-state index contributed by atoms with van der Waals surface area (Å²) in [6.45, 7) is 6.71. The lowest BCUT2D eigenvalue weighted by Gasteiger charge is -2.62. The molecule has 0 radical (unpaired) electrons. The molecule has 0 N–H and O–H groups in total. The SMILES string of the molecule is COC(=O)CCC(C)C1CCC2C3C(N=O)CC4CC(N=O)CCC4(C)C3CC(N=O)C12C. The van der Waals surface area contributed by atoms with Crippen molar-refractivity contribution in [1.82, 2.24) is 0 Å². The van der Waals surface area contributed by atoms with Crippen LogP contribution in [0.2, 0.25) is 0 Å². The van der Waals surface area contributed by atoms with Crippen LogP contribution in [0, 0.1) is 61.1 Å². The number of nitrogens with zero attached hydrogens (tertiary/aromatic N) is 3. The van der Waals surface area contributed by atoms with Crippen LogP contribution in [-0.2, 0) is 9.53 Å². The van der Waals surface area contributed by atoms with Gasteiger partial charge in [-0.05, 0) is 97.7 Å². The van der Waals surface area contributed by atoms with Gasteiger partial charge in [-0.25, -0.2) is 0 Å². The maximum absolute atomic E-state index is 12.3. The molecule has 4 saturated carbocycles. The monoisotopic (exact) mass is 461 g/mol. The molecule has 4 fully saturated rings. The zero-order valence-corrected chi connectivity index (χ0v) is 20.4. The number of esters is 1. The second-order valence-corrected chi connectivity index (χ2v) is 11.9. The number of carbonyl (C=O) groups excluding carboxylic acids is 1. The Labute approximate surface area is 196 Å². The van der Waals surface area contributed by atoms with E-state index in [1.54, 1.807) is 0 Å². The van der Waals surface area contributed by atoms with Crippen molar-refractivity contribution in [3.8, 4) is 0 Å². The summed E-state index contributed by atoms with van der Waals surface area (Å²) < 4.78 is 4.83. The van der Waals surface area contributed by atoms with Gasteiger partial charge in [0.2, 0.25) is 0 Å². The van der Waals surface area contributed by atoms with E-state index in [9.17, 15) is 19.5 Å². The Morgan fingerprint density at radius 3 is 2.39 bits per heavy atom. The third-order valence-electron chi connectivity index (χ3n) is 11.0. The van der Waals surface area contributed by atoms with Crippen molar-refractivity contribution in [2.75, 3.05) is 7.11 Å². The molecular formula is C25H39N3O5. The molecule has 0 amide bonds. The first-order valence-electron chi connectivity index (χ1n) is 12.8. The predicted molar refractivity (Wildman–Crippen MR) is 125 cm³/mol. The number of carbonyl (C=O) groups is 1. The molecule has 0 aliphatic heterocycles. The summed E-state index contributed by atoms with van der Waals surface area (Å²) in [6, 6.07) is -0.756. The summed E-state index contributed by atoms with van der Waals surface area (Å²) in [6.07, 6.45) is 6.91. The van der Waals surface area contributed by atoms with Gasteiger partial charge in [-0.15, -0.1) is 0 Å². The van der Waals surface area contributed by atoms with Gasteiger partial charge in [-0.3, -0.25) is 4.79 Å². The Kier molecular flexibility index (Phi) is 6.76. The molecule has 4 aliphatic carbocycles. The van der Waals surface area contributed by atoms with Crippen LogP contribution in [-0.4, -0.2) is 31.2 Å². The van der Waals surface area contributed by atoms with E-state index in [4.69, 9.17) is 4.74 Å². The van der Waals surface area contributed by atoms with E-state index in [0.29, 0.717) is 12.8 Å². The van der Waals surface area contributed by atoms with Gasteiger partial charge in [0.15, 0.2) is 0 Å². The number of rotatable bonds is 7. The fraction of sp³-hybridized carbons (Fsp3) is 0.960. The van der Waals surface area contributed by atoms with Crippen molar-refractivity contribution in [3.05, 3.63) is 14.7 Å². The number of nitroso groups, excluding NO2 is 3. The van der Waals surface area contributed by atoms with Crippen LogP contribution in [0.25, 0.3) is 0 Å². The quantitative estimate of drug-likeness (QED) is 0.348. The van der Waals surface area contributed by atoms with E-state index < -0.39 is 0 Å². The normalized spacial score (nSPS) is 47.4. The molecule has 4 rings (SSSR count). The molecule has 0 spiro atoms. The topological polar surface area (TPSA) is 115 Å². The van der Waals surface area contributed by atoms with Crippen LogP contribution in [0.5, 0.6) is 0 Å². The molecule has 0 aromatic heterocycles. The van der Waals surface area contributed by atoms with Crippen LogP contribution in [0.4, 0.5) is 0 Å². The van der Waals surface area contributed by atoms with Gasteiger partial charge in [0.1, 0.15) is 0 Å². The standard InChI is InChI=1S/C25H39N3O5/c1-14(5-8-22(29)33-4)17-6-7-18-23-19(13-21(28-32)25(17,18)3)24(2)10-9-16(26-30)11-15(24)12-20(23)27-31/h14-21,23H,5-13H2,1-4H3. The van der Waals surface area contributed by atoms with Crippen molar-refractivity contribution >= 4 is 5.97 Å². The number of hydrogen-bond donors (Lipinski definition) is 0. The molecule has 8 nitrogen and oxygen atoms in total. The van der Waals surface area contributed by atoms with Crippen molar-refractivity contribution in [2.24, 2.45) is 61.9 Å². The summed E-state index contributed by atoms with van der Waals surface area (Å²) in [4.78, 5) is 47.4. The first kappa shape index (κ1) is 24.4. The fourth-order valence-electron chi connectivity index (χ4n) is 9.15. The molecule has 33 heavy (non-hydrogen) atoms. The van der Waals surface area contributed by atoms with Gasteiger partial charge >= 0.3 is 5.97 Å². The van der Waals surface area contributed by atoms with Crippen LogP contribution < -0.4 is 0 Å². The van der Waals surface area contributed by atoms with E-state index in [1.165, 1.54) is 7.11 Å². The summed E-state index contributed by atoms with van der Waals surface area (Å²) >= 11 is 0. The fourth-order valence-corrected chi connectivity index (χ4v) is 9.15. The first-order valence-corrected chi connectivity index (χ1v) is 12.8. The van der Waals surface area contributed by atoms with Crippen molar-refractivity contribution < 1.29 is 9.53 Å². The minimum atomic E-state index is -0.304. The molecule has 0 bridgehead atoms. The highest BCUT2D eigenvalue weighted by atomic mass is 16.5. The second kappa shape index (κ2) is 9.14. The van der Waals surface area contributed by atoms with Crippen LogP contribution in [0.3, 0.4) is 0 Å². The average Bonchev–Trinajstić information content (AvgIpc) is 3.18. The summed E-state index contributed by atoms with van der Waals surface area (Å²) in [5, 5.41) is 10.7.